The third-order valence-electron chi connectivity index (χ3n) is 3.37. The topological polar surface area (TPSA) is 59.9 Å². The number of rotatable bonds is 4. The molecule has 106 valence electrons. The first-order valence-electron chi connectivity index (χ1n) is 6.56. The predicted octanol–water partition coefficient (Wildman–Crippen LogP) is 2.74. The van der Waals surface area contributed by atoms with Crippen LogP contribution in [0.15, 0.2) is 24.5 Å². The number of nitrogens with one attached hydrogen (secondary N) is 1. The summed E-state index contributed by atoms with van der Waals surface area (Å²) in [6, 6.07) is 3.73. The van der Waals surface area contributed by atoms with E-state index in [4.69, 9.17) is 4.74 Å². The maximum absolute atomic E-state index is 5.86. The van der Waals surface area contributed by atoms with Crippen LogP contribution in [-0.2, 0) is 5.54 Å². The number of hydrogen-bond acceptors (Lipinski definition) is 5. The first-order chi connectivity index (χ1) is 9.44. The van der Waals surface area contributed by atoms with E-state index in [-0.39, 0.29) is 5.54 Å². The van der Waals surface area contributed by atoms with Gasteiger partial charge in [-0.25, -0.2) is 4.98 Å². The highest BCUT2D eigenvalue weighted by atomic mass is 16.5. The van der Waals surface area contributed by atoms with Gasteiger partial charge in [0.15, 0.2) is 5.75 Å². The molecule has 0 aliphatic heterocycles. The number of pyridine rings is 1. The summed E-state index contributed by atoms with van der Waals surface area (Å²) in [7, 11) is 1.90. The van der Waals surface area contributed by atoms with E-state index < -0.39 is 0 Å². The van der Waals surface area contributed by atoms with Crippen LogP contribution in [0.1, 0.15) is 30.9 Å². The Bertz CT molecular complexity index is 611. The van der Waals surface area contributed by atoms with Crippen molar-refractivity contribution in [2.45, 2.75) is 33.2 Å². The fourth-order valence-electron chi connectivity index (χ4n) is 1.74. The Morgan fingerprint density at radius 2 is 1.90 bits per heavy atom. The van der Waals surface area contributed by atoms with E-state index >= 15 is 0 Å². The lowest BCUT2D eigenvalue weighted by molar-refractivity contribution is 0.387. The second kappa shape index (κ2) is 5.54. The van der Waals surface area contributed by atoms with Crippen LogP contribution in [0.4, 0.5) is 0 Å². The molecule has 0 saturated heterocycles. The molecule has 2 aromatic rings. The van der Waals surface area contributed by atoms with Crippen LogP contribution in [0.3, 0.4) is 0 Å². The van der Waals surface area contributed by atoms with Gasteiger partial charge in [0.05, 0.1) is 23.1 Å². The number of aromatic nitrogens is 3. The smallest absolute Gasteiger partial charge is 0.238 e. The molecule has 20 heavy (non-hydrogen) atoms. The highest BCUT2D eigenvalue weighted by Crippen LogP contribution is 2.30. The van der Waals surface area contributed by atoms with Crippen molar-refractivity contribution in [3.63, 3.8) is 0 Å². The van der Waals surface area contributed by atoms with Crippen LogP contribution in [0.5, 0.6) is 11.6 Å². The van der Waals surface area contributed by atoms with Gasteiger partial charge in [-0.1, -0.05) is 0 Å². The minimum absolute atomic E-state index is 0.288. The quantitative estimate of drug-likeness (QED) is 0.927. The van der Waals surface area contributed by atoms with Gasteiger partial charge in [-0.3, -0.25) is 9.97 Å². The lowest BCUT2D eigenvalue weighted by Gasteiger charge is -2.25. The maximum atomic E-state index is 5.86. The van der Waals surface area contributed by atoms with Crippen LogP contribution in [0.25, 0.3) is 0 Å². The molecule has 5 heteroatoms. The molecule has 0 saturated carbocycles. The SMILES string of the molecule is CNC(C)(C)c1ncccc1Oc1cnc(C)c(C)n1. The van der Waals surface area contributed by atoms with Gasteiger partial charge in [-0.15, -0.1) is 0 Å². The van der Waals surface area contributed by atoms with Gasteiger partial charge in [0.25, 0.3) is 0 Å². The van der Waals surface area contributed by atoms with Gasteiger partial charge in [-0.2, -0.15) is 0 Å². The average molecular weight is 272 g/mol. The van der Waals surface area contributed by atoms with Gasteiger partial charge in [-0.05, 0) is 46.9 Å². The molecular formula is C15H20N4O. The predicted molar refractivity (Wildman–Crippen MR) is 77.9 cm³/mol. The standard InChI is InChI=1S/C15H20N4O/c1-10-11(2)19-13(9-18-10)20-12-7-6-8-17-14(12)15(3,4)16-5/h6-9,16H,1-5H3. The average Bonchev–Trinajstić information content (AvgIpc) is 2.43. The van der Waals surface area contributed by atoms with E-state index in [9.17, 15) is 0 Å². The Hall–Kier alpha value is -2.01. The van der Waals surface area contributed by atoms with E-state index in [1.165, 1.54) is 0 Å². The van der Waals surface area contributed by atoms with Crippen molar-refractivity contribution >= 4 is 0 Å². The second-order valence-corrected chi connectivity index (χ2v) is 5.21. The third kappa shape index (κ3) is 2.93. The molecule has 0 bridgehead atoms. The number of aryl methyl sites for hydroxylation is 2. The molecule has 0 aliphatic rings. The molecule has 0 atom stereocenters. The molecule has 0 radical (unpaired) electrons. The molecule has 5 nitrogen and oxygen atoms in total. The zero-order chi connectivity index (χ0) is 14.8. The Morgan fingerprint density at radius 3 is 2.55 bits per heavy atom. The van der Waals surface area contributed by atoms with Crippen LogP contribution in [0, 0.1) is 13.8 Å². The van der Waals surface area contributed by atoms with Crippen molar-refractivity contribution in [2.24, 2.45) is 0 Å². The van der Waals surface area contributed by atoms with E-state index in [0.29, 0.717) is 11.6 Å². The monoisotopic (exact) mass is 272 g/mol. The first kappa shape index (κ1) is 14.4. The molecule has 0 fully saturated rings. The highest BCUT2D eigenvalue weighted by Gasteiger charge is 2.24. The van der Waals surface area contributed by atoms with E-state index in [2.05, 4.69) is 20.3 Å². The summed E-state index contributed by atoms with van der Waals surface area (Å²) >= 11 is 0. The fourth-order valence-corrected chi connectivity index (χ4v) is 1.74. The van der Waals surface area contributed by atoms with Crippen LogP contribution in [-0.4, -0.2) is 22.0 Å². The molecule has 2 aromatic heterocycles. The van der Waals surface area contributed by atoms with E-state index in [1.54, 1.807) is 12.4 Å². The number of nitrogens with zero attached hydrogens (tertiary/aromatic N) is 3. The summed E-state index contributed by atoms with van der Waals surface area (Å²) in [5.41, 5.74) is 2.31. The molecule has 0 aliphatic carbocycles. The summed E-state index contributed by atoms with van der Waals surface area (Å²) in [6.07, 6.45) is 3.39. The zero-order valence-electron chi connectivity index (χ0n) is 12.6. The van der Waals surface area contributed by atoms with E-state index in [0.717, 1.165) is 17.1 Å². The Morgan fingerprint density at radius 1 is 1.15 bits per heavy atom. The largest absolute Gasteiger partial charge is 0.435 e. The molecule has 2 heterocycles. The highest BCUT2D eigenvalue weighted by molar-refractivity contribution is 5.35. The summed E-state index contributed by atoms with van der Waals surface area (Å²) in [5.74, 6) is 1.17. The van der Waals surface area contributed by atoms with E-state index in [1.807, 2.05) is 46.9 Å². The molecule has 0 spiro atoms. The summed E-state index contributed by atoms with van der Waals surface area (Å²) in [4.78, 5) is 13.1. The van der Waals surface area contributed by atoms with Crippen molar-refractivity contribution in [1.29, 1.82) is 0 Å². The zero-order valence-corrected chi connectivity index (χ0v) is 12.6. The summed E-state index contributed by atoms with van der Waals surface area (Å²) in [6.45, 7) is 7.94. The maximum Gasteiger partial charge on any atom is 0.238 e. The minimum atomic E-state index is -0.288. The van der Waals surface area contributed by atoms with Crippen molar-refractivity contribution in [2.75, 3.05) is 7.05 Å². The van der Waals surface area contributed by atoms with Crippen molar-refractivity contribution in [1.82, 2.24) is 20.3 Å². The normalized spacial score (nSPS) is 11.4. The van der Waals surface area contributed by atoms with Crippen LogP contribution >= 0.6 is 0 Å². The molecule has 2 rings (SSSR count). The van der Waals surface area contributed by atoms with Crippen molar-refractivity contribution < 1.29 is 4.74 Å². The second-order valence-electron chi connectivity index (χ2n) is 5.21. The van der Waals surface area contributed by atoms with Crippen LogP contribution < -0.4 is 10.1 Å². The number of ether oxygens (including phenoxy) is 1. The van der Waals surface area contributed by atoms with Gasteiger partial charge >= 0.3 is 0 Å². The van der Waals surface area contributed by atoms with Crippen LogP contribution in [0.2, 0.25) is 0 Å². The molecule has 0 unspecified atom stereocenters. The summed E-state index contributed by atoms with van der Waals surface area (Å²) in [5, 5.41) is 3.23. The number of hydrogen-bond donors (Lipinski definition) is 1. The summed E-state index contributed by atoms with van der Waals surface area (Å²) < 4.78 is 5.86. The fraction of sp³-hybridized carbons (Fsp3) is 0.400. The lowest BCUT2D eigenvalue weighted by Crippen LogP contribution is -2.34. The Kier molecular flexibility index (Phi) is 3.99. The van der Waals surface area contributed by atoms with Gasteiger partial charge < -0.3 is 10.1 Å². The minimum Gasteiger partial charge on any atom is -0.435 e. The third-order valence-corrected chi connectivity index (χ3v) is 3.37. The van der Waals surface area contributed by atoms with Crippen molar-refractivity contribution in [3.05, 3.63) is 41.6 Å². The van der Waals surface area contributed by atoms with Gasteiger partial charge in [0.1, 0.15) is 5.69 Å². The Balaban J connectivity index is 2.36. The van der Waals surface area contributed by atoms with Crippen molar-refractivity contribution in [3.8, 4) is 11.6 Å². The van der Waals surface area contributed by atoms with Gasteiger partial charge in [0, 0.05) is 6.20 Å². The van der Waals surface area contributed by atoms with Gasteiger partial charge in [0.2, 0.25) is 5.88 Å². The molecule has 0 aromatic carbocycles. The molecular weight excluding hydrogens is 252 g/mol. The molecule has 1 N–H and O–H groups in total. The molecule has 0 amide bonds. The Labute approximate surface area is 119 Å². The first-order valence-corrected chi connectivity index (χ1v) is 6.56. The lowest BCUT2D eigenvalue weighted by atomic mass is 9.99.